The zero-order chi connectivity index (χ0) is 18.5. The summed E-state index contributed by atoms with van der Waals surface area (Å²) in [5.41, 5.74) is 2.63. The molecule has 0 aliphatic carbocycles. The summed E-state index contributed by atoms with van der Waals surface area (Å²) in [6.45, 7) is 4.54. The minimum absolute atomic E-state index is 0.162. The molecule has 1 heterocycles. The Morgan fingerprint density at radius 2 is 2.19 bits per heavy atom. The second-order valence-corrected chi connectivity index (χ2v) is 6.12. The molecule has 0 bridgehead atoms. The van der Waals surface area contributed by atoms with Gasteiger partial charge in [-0.15, -0.1) is 0 Å². The molecular weight excluding hydrogens is 330 g/mol. The lowest BCUT2D eigenvalue weighted by Crippen LogP contribution is -2.07. The minimum atomic E-state index is -0.226. The summed E-state index contributed by atoms with van der Waals surface area (Å²) in [5.74, 6) is 2.08. The molecule has 136 valence electrons. The maximum atomic E-state index is 12.2. The number of hydrogen-bond acceptors (Lipinski definition) is 4. The zero-order valence-electron chi connectivity index (χ0n) is 15.2. The molecule has 5 nitrogen and oxygen atoms in total. The van der Waals surface area contributed by atoms with Gasteiger partial charge < -0.3 is 19.5 Å². The summed E-state index contributed by atoms with van der Waals surface area (Å²) in [6.07, 6.45) is 4.26. The highest BCUT2D eigenvalue weighted by molar-refractivity contribution is 6.02. The van der Waals surface area contributed by atoms with E-state index in [0.29, 0.717) is 18.0 Å². The van der Waals surface area contributed by atoms with E-state index < -0.39 is 0 Å². The van der Waals surface area contributed by atoms with Crippen LogP contribution in [0.15, 0.2) is 42.5 Å². The van der Waals surface area contributed by atoms with Crippen LogP contribution < -0.4 is 19.5 Å². The van der Waals surface area contributed by atoms with Crippen LogP contribution in [0.2, 0.25) is 0 Å². The highest BCUT2D eigenvalue weighted by Crippen LogP contribution is 2.35. The summed E-state index contributed by atoms with van der Waals surface area (Å²) >= 11 is 0. The van der Waals surface area contributed by atoms with Crippen molar-refractivity contribution in [3.05, 3.63) is 53.6 Å². The van der Waals surface area contributed by atoms with Gasteiger partial charge in [0.15, 0.2) is 0 Å². The van der Waals surface area contributed by atoms with Crippen LogP contribution in [0.5, 0.6) is 17.2 Å². The number of benzene rings is 2. The minimum Gasteiger partial charge on any atom is -0.497 e. The predicted molar refractivity (Wildman–Crippen MR) is 102 cm³/mol. The predicted octanol–water partition coefficient (Wildman–Crippen LogP) is 4.07. The zero-order valence-corrected chi connectivity index (χ0v) is 15.2. The van der Waals surface area contributed by atoms with Gasteiger partial charge in [-0.1, -0.05) is 6.07 Å². The van der Waals surface area contributed by atoms with E-state index in [1.165, 1.54) is 6.08 Å². The molecule has 0 spiro atoms. The second-order valence-electron chi connectivity index (χ2n) is 6.12. The summed E-state index contributed by atoms with van der Waals surface area (Å²) in [6, 6.07) is 11.2. The van der Waals surface area contributed by atoms with Gasteiger partial charge in [-0.2, -0.15) is 0 Å². The Kier molecular flexibility index (Phi) is 5.46. The lowest BCUT2D eigenvalue weighted by molar-refractivity contribution is -0.111. The maximum Gasteiger partial charge on any atom is 0.248 e. The Morgan fingerprint density at radius 1 is 1.35 bits per heavy atom. The van der Waals surface area contributed by atoms with E-state index in [9.17, 15) is 4.79 Å². The standard InChI is InChI=1S/C21H23NO4/c1-4-25-19-12-16-10-14(2)26-20(16)11-15(19)8-9-21(23)22-17-6-5-7-18(13-17)24-3/h5-9,11-14H,4,10H2,1-3H3,(H,22,23)/b9-8+/t14-/m1/s1. The number of carbonyl (C=O) groups is 1. The summed E-state index contributed by atoms with van der Waals surface area (Å²) in [4.78, 5) is 12.2. The molecule has 0 unspecified atom stereocenters. The molecule has 1 N–H and O–H groups in total. The smallest absolute Gasteiger partial charge is 0.248 e. The van der Waals surface area contributed by atoms with Gasteiger partial charge in [0.1, 0.15) is 23.4 Å². The fraction of sp³-hybridized carbons (Fsp3) is 0.286. The molecule has 2 aromatic carbocycles. The fourth-order valence-electron chi connectivity index (χ4n) is 2.92. The molecule has 0 saturated heterocycles. The molecule has 0 radical (unpaired) electrons. The van der Waals surface area contributed by atoms with Crippen molar-refractivity contribution in [1.29, 1.82) is 0 Å². The van der Waals surface area contributed by atoms with Gasteiger partial charge in [0.25, 0.3) is 0 Å². The van der Waals surface area contributed by atoms with Gasteiger partial charge in [0.2, 0.25) is 5.91 Å². The Labute approximate surface area is 153 Å². The largest absolute Gasteiger partial charge is 0.497 e. The molecule has 0 aromatic heterocycles. The molecule has 2 aromatic rings. The molecule has 0 fully saturated rings. The first-order valence-corrected chi connectivity index (χ1v) is 8.68. The van der Waals surface area contributed by atoms with Crippen LogP contribution >= 0.6 is 0 Å². The van der Waals surface area contributed by atoms with Crippen molar-refractivity contribution in [2.45, 2.75) is 26.4 Å². The summed E-state index contributed by atoms with van der Waals surface area (Å²) < 4.78 is 16.7. The third-order valence-electron chi connectivity index (χ3n) is 4.08. The average molecular weight is 353 g/mol. The number of carbonyl (C=O) groups excluding carboxylic acids is 1. The molecule has 1 amide bonds. The Bertz CT molecular complexity index is 829. The summed E-state index contributed by atoms with van der Waals surface area (Å²) in [5, 5.41) is 2.82. The highest BCUT2D eigenvalue weighted by Gasteiger charge is 2.21. The number of ether oxygens (including phenoxy) is 3. The van der Waals surface area contributed by atoms with Gasteiger partial charge in [0.05, 0.1) is 13.7 Å². The van der Waals surface area contributed by atoms with Crippen LogP contribution in [0.4, 0.5) is 5.69 Å². The van der Waals surface area contributed by atoms with Crippen molar-refractivity contribution < 1.29 is 19.0 Å². The van der Waals surface area contributed by atoms with Crippen molar-refractivity contribution in [2.75, 3.05) is 19.0 Å². The van der Waals surface area contributed by atoms with Crippen molar-refractivity contribution in [2.24, 2.45) is 0 Å². The number of amides is 1. The third-order valence-corrected chi connectivity index (χ3v) is 4.08. The SMILES string of the molecule is CCOc1cc2c(cc1/C=C/C(=O)Nc1cccc(OC)c1)O[C@H](C)C2. The normalized spacial score (nSPS) is 15.4. The van der Waals surface area contributed by atoms with Gasteiger partial charge >= 0.3 is 0 Å². The van der Waals surface area contributed by atoms with E-state index in [0.717, 1.165) is 29.0 Å². The topological polar surface area (TPSA) is 56.8 Å². The van der Waals surface area contributed by atoms with E-state index in [2.05, 4.69) is 5.32 Å². The quantitative estimate of drug-likeness (QED) is 0.796. The van der Waals surface area contributed by atoms with E-state index in [1.807, 2.05) is 44.2 Å². The Balaban J connectivity index is 1.76. The van der Waals surface area contributed by atoms with Crippen LogP contribution in [0.3, 0.4) is 0 Å². The van der Waals surface area contributed by atoms with E-state index in [1.54, 1.807) is 19.3 Å². The second kappa shape index (κ2) is 7.95. The number of hydrogen-bond donors (Lipinski definition) is 1. The molecule has 1 aliphatic rings. The van der Waals surface area contributed by atoms with Crippen LogP contribution in [-0.2, 0) is 11.2 Å². The molecule has 26 heavy (non-hydrogen) atoms. The van der Waals surface area contributed by atoms with Crippen molar-refractivity contribution >= 4 is 17.7 Å². The first kappa shape index (κ1) is 17.9. The summed E-state index contributed by atoms with van der Waals surface area (Å²) in [7, 11) is 1.59. The van der Waals surface area contributed by atoms with E-state index in [-0.39, 0.29) is 12.0 Å². The Hall–Kier alpha value is -2.95. The van der Waals surface area contributed by atoms with E-state index in [4.69, 9.17) is 14.2 Å². The molecule has 3 rings (SSSR count). The maximum absolute atomic E-state index is 12.2. The van der Waals surface area contributed by atoms with Crippen LogP contribution in [0, 0.1) is 0 Å². The van der Waals surface area contributed by atoms with Crippen molar-refractivity contribution in [3.8, 4) is 17.2 Å². The molecule has 1 aliphatic heterocycles. The Morgan fingerprint density at radius 3 is 2.96 bits per heavy atom. The average Bonchev–Trinajstić information content (AvgIpc) is 2.99. The van der Waals surface area contributed by atoms with Crippen molar-refractivity contribution in [1.82, 2.24) is 0 Å². The molecule has 0 saturated carbocycles. The van der Waals surface area contributed by atoms with Gasteiger partial charge in [-0.05, 0) is 44.2 Å². The molecular formula is C21H23NO4. The van der Waals surface area contributed by atoms with Crippen LogP contribution in [-0.4, -0.2) is 25.7 Å². The number of methoxy groups -OCH3 is 1. The van der Waals surface area contributed by atoms with E-state index >= 15 is 0 Å². The lowest BCUT2D eigenvalue weighted by atomic mass is 10.1. The number of rotatable bonds is 6. The number of nitrogens with one attached hydrogen (secondary N) is 1. The van der Waals surface area contributed by atoms with Gasteiger partial charge in [0, 0.05) is 35.4 Å². The van der Waals surface area contributed by atoms with Crippen LogP contribution in [0.25, 0.3) is 6.08 Å². The van der Waals surface area contributed by atoms with Gasteiger partial charge in [-0.3, -0.25) is 4.79 Å². The van der Waals surface area contributed by atoms with Gasteiger partial charge in [-0.25, -0.2) is 0 Å². The number of fused-ring (bicyclic) bond motifs is 1. The lowest BCUT2D eigenvalue weighted by Gasteiger charge is -2.10. The monoisotopic (exact) mass is 353 g/mol. The van der Waals surface area contributed by atoms with Crippen molar-refractivity contribution in [3.63, 3.8) is 0 Å². The third kappa shape index (κ3) is 4.17. The first-order valence-electron chi connectivity index (χ1n) is 8.68. The molecule has 5 heteroatoms. The van der Waals surface area contributed by atoms with Crippen LogP contribution in [0.1, 0.15) is 25.0 Å². The highest BCUT2D eigenvalue weighted by atomic mass is 16.5. The fourth-order valence-corrected chi connectivity index (χ4v) is 2.92. The first-order chi connectivity index (χ1) is 12.6. The number of anilines is 1. The molecule has 1 atom stereocenters.